The number of benzene rings is 1. The van der Waals surface area contributed by atoms with Crippen LogP contribution in [-0.2, 0) is 6.42 Å². The molecular formula is C12H15Cl2NS. The van der Waals surface area contributed by atoms with Crippen molar-refractivity contribution in [3.05, 3.63) is 33.8 Å². The van der Waals surface area contributed by atoms with Gasteiger partial charge in [0.2, 0.25) is 0 Å². The van der Waals surface area contributed by atoms with Gasteiger partial charge in [0, 0.05) is 21.8 Å². The van der Waals surface area contributed by atoms with Crippen LogP contribution in [0.2, 0.25) is 10.0 Å². The molecule has 1 N–H and O–H groups in total. The molecule has 0 spiro atoms. The van der Waals surface area contributed by atoms with E-state index < -0.39 is 0 Å². The van der Waals surface area contributed by atoms with Gasteiger partial charge in [0.1, 0.15) is 0 Å². The highest BCUT2D eigenvalue weighted by molar-refractivity contribution is 7.99. The maximum Gasteiger partial charge on any atom is 0.0452 e. The molecule has 1 fully saturated rings. The SMILES string of the molecule is CNC1CSCC1Cc1c(Cl)cccc1Cl. The molecule has 0 amide bonds. The van der Waals surface area contributed by atoms with Crippen molar-refractivity contribution in [3.8, 4) is 0 Å². The summed E-state index contributed by atoms with van der Waals surface area (Å²) in [5, 5.41) is 4.95. The molecule has 4 heteroatoms. The van der Waals surface area contributed by atoms with E-state index in [0.717, 1.165) is 22.0 Å². The first-order chi connectivity index (χ1) is 7.72. The third-order valence-electron chi connectivity index (χ3n) is 3.10. The highest BCUT2D eigenvalue weighted by atomic mass is 35.5. The average molecular weight is 276 g/mol. The molecule has 2 rings (SSSR count). The Labute approximate surface area is 111 Å². The number of hydrogen-bond acceptors (Lipinski definition) is 2. The Morgan fingerprint density at radius 1 is 1.31 bits per heavy atom. The van der Waals surface area contributed by atoms with Gasteiger partial charge < -0.3 is 5.32 Å². The third kappa shape index (κ3) is 2.67. The minimum atomic E-state index is 0.581. The lowest BCUT2D eigenvalue weighted by molar-refractivity contribution is 0.453. The molecule has 2 unspecified atom stereocenters. The molecule has 1 aromatic carbocycles. The summed E-state index contributed by atoms with van der Waals surface area (Å²) in [6.45, 7) is 0. The second-order valence-corrected chi connectivity index (χ2v) is 5.99. The fourth-order valence-corrected chi connectivity index (χ4v) is 4.14. The van der Waals surface area contributed by atoms with E-state index >= 15 is 0 Å². The summed E-state index contributed by atoms with van der Waals surface area (Å²) >= 11 is 14.4. The second kappa shape index (κ2) is 5.63. The van der Waals surface area contributed by atoms with Crippen molar-refractivity contribution < 1.29 is 0 Å². The number of rotatable bonds is 3. The molecule has 16 heavy (non-hydrogen) atoms. The Hall–Kier alpha value is 0.110. The highest BCUT2D eigenvalue weighted by Gasteiger charge is 2.27. The van der Waals surface area contributed by atoms with Crippen LogP contribution in [0.3, 0.4) is 0 Å². The van der Waals surface area contributed by atoms with Crippen LogP contribution < -0.4 is 5.32 Å². The van der Waals surface area contributed by atoms with E-state index in [4.69, 9.17) is 23.2 Å². The van der Waals surface area contributed by atoms with Crippen LogP contribution in [0.1, 0.15) is 5.56 Å². The Bertz CT molecular complexity index is 350. The molecule has 0 radical (unpaired) electrons. The summed E-state index contributed by atoms with van der Waals surface area (Å²) in [6, 6.07) is 6.31. The van der Waals surface area contributed by atoms with Crippen LogP contribution >= 0.6 is 35.0 Å². The topological polar surface area (TPSA) is 12.0 Å². The van der Waals surface area contributed by atoms with E-state index in [1.54, 1.807) is 0 Å². The molecular weight excluding hydrogens is 261 g/mol. The van der Waals surface area contributed by atoms with E-state index in [1.165, 1.54) is 11.5 Å². The first-order valence-electron chi connectivity index (χ1n) is 5.40. The third-order valence-corrected chi connectivity index (χ3v) is 5.06. The van der Waals surface area contributed by atoms with Gasteiger partial charge in [-0.05, 0) is 42.8 Å². The van der Waals surface area contributed by atoms with Gasteiger partial charge >= 0.3 is 0 Å². The summed E-state index contributed by atoms with van der Waals surface area (Å²) in [5.41, 5.74) is 1.10. The van der Waals surface area contributed by atoms with E-state index in [1.807, 2.05) is 37.0 Å². The first-order valence-corrected chi connectivity index (χ1v) is 7.31. The number of hydrogen-bond donors (Lipinski definition) is 1. The van der Waals surface area contributed by atoms with Gasteiger partial charge in [-0.2, -0.15) is 11.8 Å². The Morgan fingerprint density at radius 2 is 2.00 bits per heavy atom. The fraction of sp³-hybridized carbons (Fsp3) is 0.500. The van der Waals surface area contributed by atoms with Crippen molar-refractivity contribution >= 4 is 35.0 Å². The molecule has 2 atom stereocenters. The number of halogens is 2. The largest absolute Gasteiger partial charge is 0.316 e. The molecule has 1 nitrogen and oxygen atoms in total. The normalized spacial score (nSPS) is 24.9. The first kappa shape index (κ1) is 12.6. The van der Waals surface area contributed by atoms with Crippen molar-refractivity contribution in [1.82, 2.24) is 5.32 Å². The van der Waals surface area contributed by atoms with Crippen LogP contribution in [0, 0.1) is 5.92 Å². The lowest BCUT2D eigenvalue weighted by Crippen LogP contribution is -2.33. The molecule has 88 valence electrons. The number of thioether (sulfide) groups is 1. The van der Waals surface area contributed by atoms with Crippen LogP contribution in [0.4, 0.5) is 0 Å². The minimum absolute atomic E-state index is 0.581. The van der Waals surface area contributed by atoms with Crippen LogP contribution in [-0.4, -0.2) is 24.6 Å². The molecule has 1 aromatic rings. The maximum atomic E-state index is 6.19. The van der Waals surface area contributed by atoms with Gasteiger partial charge in [0.25, 0.3) is 0 Å². The van der Waals surface area contributed by atoms with Crippen LogP contribution in [0.25, 0.3) is 0 Å². The van der Waals surface area contributed by atoms with Crippen LogP contribution in [0.15, 0.2) is 18.2 Å². The summed E-state index contributed by atoms with van der Waals surface area (Å²) in [7, 11) is 2.03. The van der Waals surface area contributed by atoms with Gasteiger partial charge in [0.15, 0.2) is 0 Å². The quantitative estimate of drug-likeness (QED) is 0.907. The Balaban J connectivity index is 2.14. The fourth-order valence-electron chi connectivity index (χ4n) is 2.11. The molecule has 1 saturated heterocycles. The van der Waals surface area contributed by atoms with E-state index in [0.29, 0.717) is 12.0 Å². The maximum absolute atomic E-state index is 6.19. The minimum Gasteiger partial charge on any atom is -0.316 e. The van der Waals surface area contributed by atoms with E-state index in [9.17, 15) is 0 Å². The standard InChI is InChI=1S/C12H15Cl2NS/c1-15-12-7-16-6-8(12)5-9-10(13)3-2-4-11(9)14/h2-4,8,12,15H,5-7H2,1H3. The van der Waals surface area contributed by atoms with Crippen molar-refractivity contribution in [2.45, 2.75) is 12.5 Å². The molecule has 1 heterocycles. The number of nitrogens with one attached hydrogen (secondary N) is 1. The summed E-state index contributed by atoms with van der Waals surface area (Å²) in [4.78, 5) is 0. The summed E-state index contributed by atoms with van der Waals surface area (Å²) < 4.78 is 0. The Morgan fingerprint density at radius 3 is 2.62 bits per heavy atom. The molecule has 1 aliphatic rings. The van der Waals surface area contributed by atoms with Gasteiger partial charge in [-0.15, -0.1) is 0 Å². The predicted octanol–water partition coefficient (Wildman–Crippen LogP) is 3.49. The molecule has 0 bridgehead atoms. The smallest absolute Gasteiger partial charge is 0.0452 e. The predicted molar refractivity (Wildman–Crippen MR) is 73.8 cm³/mol. The van der Waals surface area contributed by atoms with Gasteiger partial charge in [-0.3, -0.25) is 0 Å². The van der Waals surface area contributed by atoms with Crippen molar-refractivity contribution in [3.63, 3.8) is 0 Å². The van der Waals surface area contributed by atoms with Gasteiger partial charge in [0.05, 0.1) is 0 Å². The van der Waals surface area contributed by atoms with Crippen LogP contribution in [0.5, 0.6) is 0 Å². The van der Waals surface area contributed by atoms with E-state index in [-0.39, 0.29) is 0 Å². The second-order valence-electron chi connectivity index (χ2n) is 4.10. The summed E-state index contributed by atoms with van der Waals surface area (Å²) in [6.07, 6.45) is 0.969. The molecule has 0 saturated carbocycles. The average Bonchev–Trinajstić information content (AvgIpc) is 2.71. The van der Waals surface area contributed by atoms with Crippen molar-refractivity contribution in [1.29, 1.82) is 0 Å². The zero-order valence-corrected chi connectivity index (χ0v) is 11.5. The molecule has 1 aliphatic heterocycles. The molecule has 0 aromatic heterocycles. The zero-order valence-electron chi connectivity index (χ0n) is 9.17. The lowest BCUT2D eigenvalue weighted by atomic mass is 9.95. The lowest BCUT2D eigenvalue weighted by Gasteiger charge is -2.19. The van der Waals surface area contributed by atoms with E-state index in [2.05, 4.69) is 5.32 Å². The van der Waals surface area contributed by atoms with Gasteiger partial charge in [-0.25, -0.2) is 0 Å². The highest BCUT2D eigenvalue weighted by Crippen LogP contribution is 2.32. The van der Waals surface area contributed by atoms with Crippen molar-refractivity contribution in [2.24, 2.45) is 5.92 Å². The molecule has 0 aliphatic carbocycles. The van der Waals surface area contributed by atoms with Gasteiger partial charge in [-0.1, -0.05) is 29.3 Å². The monoisotopic (exact) mass is 275 g/mol. The zero-order chi connectivity index (χ0) is 11.5. The Kier molecular flexibility index (Phi) is 4.42. The van der Waals surface area contributed by atoms with Crippen molar-refractivity contribution in [2.75, 3.05) is 18.6 Å². The summed E-state index contributed by atoms with van der Waals surface area (Å²) in [5.74, 6) is 3.00.